The first kappa shape index (κ1) is 24.0. The predicted molar refractivity (Wildman–Crippen MR) is 141 cm³/mol. The Balaban J connectivity index is 1.40. The number of carbonyl (C=O) groups is 1. The maximum atomic E-state index is 13.8. The van der Waals surface area contributed by atoms with Gasteiger partial charge >= 0.3 is 0 Å². The minimum Gasteiger partial charge on any atom is -0.497 e. The van der Waals surface area contributed by atoms with Crippen molar-refractivity contribution >= 4 is 16.8 Å². The van der Waals surface area contributed by atoms with Crippen LogP contribution in [0.5, 0.6) is 17.2 Å². The minimum atomic E-state index is -0.0986. The first-order chi connectivity index (χ1) is 17.7. The summed E-state index contributed by atoms with van der Waals surface area (Å²) in [5.74, 6) is 3.41. The van der Waals surface area contributed by atoms with Crippen LogP contribution in [0.2, 0.25) is 0 Å². The van der Waals surface area contributed by atoms with Crippen LogP contribution in [0.3, 0.4) is 0 Å². The van der Waals surface area contributed by atoms with Gasteiger partial charge in [0.25, 0.3) is 0 Å². The molecule has 1 saturated carbocycles. The van der Waals surface area contributed by atoms with Gasteiger partial charge in [0.15, 0.2) is 5.78 Å². The van der Waals surface area contributed by atoms with Crippen molar-refractivity contribution in [3.8, 4) is 28.6 Å². The van der Waals surface area contributed by atoms with Crippen LogP contribution >= 0.6 is 0 Å². The summed E-state index contributed by atoms with van der Waals surface area (Å²) in [6.45, 7) is 0.716. The smallest absolute Gasteiger partial charge is 0.197 e. The van der Waals surface area contributed by atoms with Crippen LogP contribution in [0.4, 0.5) is 0 Å². The molecule has 0 N–H and O–H groups in total. The molecule has 4 aromatic rings. The zero-order chi connectivity index (χ0) is 24.9. The van der Waals surface area contributed by atoms with Gasteiger partial charge in [-0.1, -0.05) is 32.1 Å². The Morgan fingerprint density at radius 3 is 2.19 bits per heavy atom. The second kappa shape index (κ2) is 10.9. The molecular formula is C31H32O5. The van der Waals surface area contributed by atoms with E-state index in [1.54, 1.807) is 14.2 Å². The van der Waals surface area contributed by atoms with Crippen LogP contribution in [0.15, 0.2) is 71.1 Å². The van der Waals surface area contributed by atoms with Crippen LogP contribution in [0, 0.1) is 5.92 Å². The highest BCUT2D eigenvalue weighted by molar-refractivity contribution is 6.19. The van der Waals surface area contributed by atoms with Gasteiger partial charge in [-0.2, -0.15) is 0 Å². The van der Waals surface area contributed by atoms with E-state index in [9.17, 15) is 4.79 Å². The van der Waals surface area contributed by atoms with Crippen LogP contribution in [-0.2, 0) is 0 Å². The molecule has 1 fully saturated rings. The van der Waals surface area contributed by atoms with Gasteiger partial charge in [-0.15, -0.1) is 0 Å². The number of ketones is 1. The van der Waals surface area contributed by atoms with E-state index >= 15 is 0 Å². The number of benzene rings is 3. The van der Waals surface area contributed by atoms with Gasteiger partial charge in [0.2, 0.25) is 0 Å². The Kier molecular flexibility index (Phi) is 7.26. The quantitative estimate of drug-likeness (QED) is 0.228. The van der Waals surface area contributed by atoms with Crippen LogP contribution < -0.4 is 14.2 Å². The highest BCUT2D eigenvalue weighted by Crippen LogP contribution is 2.37. The summed E-state index contributed by atoms with van der Waals surface area (Å²) < 4.78 is 22.9. The third kappa shape index (κ3) is 5.11. The van der Waals surface area contributed by atoms with E-state index in [4.69, 9.17) is 18.6 Å². The molecular weight excluding hydrogens is 452 g/mol. The summed E-state index contributed by atoms with van der Waals surface area (Å²) in [5, 5.41) is 0.749. The summed E-state index contributed by atoms with van der Waals surface area (Å²) in [4.78, 5) is 13.8. The molecule has 0 radical (unpaired) electrons. The molecule has 0 aliphatic heterocycles. The predicted octanol–water partition coefficient (Wildman–Crippen LogP) is 7.70. The third-order valence-corrected chi connectivity index (χ3v) is 7.11. The molecule has 1 aromatic heterocycles. The van der Waals surface area contributed by atoms with Gasteiger partial charge in [-0.3, -0.25) is 4.79 Å². The third-order valence-electron chi connectivity index (χ3n) is 7.11. The summed E-state index contributed by atoms with van der Waals surface area (Å²) >= 11 is 0. The lowest BCUT2D eigenvalue weighted by Gasteiger charge is -2.21. The van der Waals surface area contributed by atoms with Crippen LogP contribution in [0.25, 0.3) is 22.3 Å². The van der Waals surface area contributed by atoms with E-state index in [-0.39, 0.29) is 5.78 Å². The van der Waals surface area contributed by atoms with E-state index in [2.05, 4.69) is 0 Å². The lowest BCUT2D eigenvalue weighted by molar-refractivity contribution is 0.104. The summed E-state index contributed by atoms with van der Waals surface area (Å²) in [5.41, 5.74) is 2.52. The molecule has 36 heavy (non-hydrogen) atoms. The molecule has 1 aliphatic rings. The zero-order valence-electron chi connectivity index (χ0n) is 20.9. The highest BCUT2D eigenvalue weighted by atomic mass is 16.5. The fourth-order valence-corrected chi connectivity index (χ4v) is 5.04. The van der Waals surface area contributed by atoms with E-state index in [0.717, 1.165) is 34.8 Å². The number of ether oxygens (including phenoxy) is 3. The lowest BCUT2D eigenvalue weighted by atomic mass is 9.87. The van der Waals surface area contributed by atoms with E-state index in [1.807, 2.05) is 66.7 Å². The average molecular weight is 485 g/mol. The van der Waals surface area contributed by atoms with Gasteiger partial charge in [0.1, 0.15) is 28.6 Å². The van der Waals surface area contributed by atoms with E-state index in [1.165, 1.54) is 32.1 Å². The van der Waals surface area contributed by atoms with Crippen LogP contribution in [0.1, 0.15) is 54.4 Å². The van der Waals surface area contributed by atoms with Gasteiger partial charge in [0, 0.05) is 22.6 Å². The number of furan rings is 1. The van der Waals surface area contributed by atoms with Gasteiger partial charge < -0.3 is 18.6 Å². The summed E-state index contributed by atoms with van der Waals surface area (Å²) in [7, 11) is 3.24. The van der Waals surface area contributed by atoms with Gasteiger partial charge in [0.05, 0.1) is 26.4 Å². The highest BCUT2D eigenvalue weighted by Gasteiger charge is 2.24. The monoisotopic (exact) mass is 484 g/mol. The largest absolute Gasteiger partial charge is 0.497 e. The molecule has 1 aliphatic carbocycles. The molecule has 3 aromatic carbocycles. The molecule has 0 amide bonds. The Hall–Kier alpha value is -3.73. The molecule has 5 nitrogen and oxygen atoms in total. The molecule has 186 valence electrons. The normalized spacial score (nSPS) is 14.1. The second-order valence-corrected chi connectivity index (χ2v) is 9.39. The maximum absolute atomic E-state index is 13.8. The summed E-state index contributed by atoms with van der Waals surface area (Å²) in [6.07, 6.45) is 7.78. The van der Waals surface area contributed by atoms with Crippen molar-refractivity contribution in [1.82, 2.24) is 0 Å². The number of hydrogen-bond acceptors (Lipinski definition) is 5. The molecule has 0 atom stereocenters. The van der Waals surface area contributed by atoms with Crippen LogP contribution in [-0.4, -0.2) is 26.6 Å². The molecule has 0 spiro atoms. The topological polar surface area (TPSA) is 57.9 Å². The Labute approximate surface area is 212 Å². The number of methoxy groups -OCH3 is 2. The van der Waals surface area contributed by atoms with Crippen molar-refractivity contribution in [2.24, 2.45) is 5.92 Å². The number of hydrogen-bond donors (Lipinski definition) is 0. The zero-order valence-corrected chi connectivity index (χ0v) is 20.9. The second-order valence-electron chi connectivity index (χ2n) is 9.39. The molecule has 5 rings (SSSR count). The first-order valence-corrected chi connectivity index (χ1v) is 12.7. The van der Waals surface area contributed by atoms with Crippen molar-refractivity contribution in [3.63, 3.8) is 0 Å². The fraction of sp³-hybridized carbons (Fsp3) is 0.323. The number of fused-ring (bicyclic) bond motifs is 1. The lowest BCUT2D eigenvalue weighted by Crippen LogP contribution is -2.10. The van der Waals surface area contributed by atoms with E-state index in [0.29, 0.717) is 34.8 Å². The average Bonchev–Trinajstić information content (AvgIpc) is 3.32. The molecule has 0 saturated heterocycles. The minimum absolute atomic E-state index is 0.0986. The number of rotatable bonds is 9. The van der Waals surface area contributed by atoms with Crippen molar-refractivity contribution in [1.29, 1.82) is 0 Å². The van der Waals surface area contributed by atoms with Gasteiger partial charge in [-0.25, -0.2) is 0 Å². The van der Waals surface area contributed by atoms with Crippen molar-refractivity contribution in [2.45, 2.75) is 38.5 Å². The van der Waals surface area contributed by atoms with Gasteiger partial charge in [-0.05, 0) is 73.0 Å². The molecule has 5 heteroatoms. The van der Waals surface area contributed by atoms with Crippen molar-refractivity contribution in [2.75, 3.05) is 20.8 Å². The van der Waals surface area contributed by atoms with Crippen molar-refractivity contribution in [3.05, 3.63) is 77.9 Å². The Morgan fingerprint density at radius 1 is 0.833 bits per heavy atom. The Bertz CT molecular complexity index is 1310. The van der Waals surface area contributed by atoms with Crippen molar-refractivity contribution < 1.29 is 23.4 Å². The Morgan fingerprint density at radius 2 is 1.50 bits per heavy atom. The molecule has 0 bridgehead atoms. The van der Waals surface area contributed by atoms with E-state index < -0.39 is 0 Å². The SMILES string of the molecule is COc1ccc(-c2oc3cc(OC)ccc3c2C(=O)c2ccc(OCCC3CCCCC3)cc2)cc1. The standard InChI is InChI=1S/C31H32O5/c1-33-24-12-10-23(11-13-24)31-29(27-17-16-26(34-2)20-28(27)36-31)30(32)22-8-14-25(15-9-22)35-19-18-21-6-4-3-5-7-21/h8-17,20-21H,3-7,18-19H2,1-2H3. The molecule has 0 unspecified atom stereocenters. The molecule has 1 heterocycles. The fourth-order valence-electron chi connectivity index (χ4n) is 5.04. The first-order valence-electron chi connectivity index (χ1n) is 12.7. The number of carbonyl (C=O) groups excluding carboxylic acids is 1. The summed E-state index contributed by atoms with van der Waals surface area (Å²) in [6, 6.07) is 20.5. The maximum Gasteiger partial charge on any atom is 0.197 e.